The van der Waals surface area contributed by atoms with E-state index < -0.39 is 16.7 Å². The van der Waals surface area contributed by atoms with E-state index >= 15 is 0 Å². The maximum atomic E-state index is 11.9. The van der Waals surface area contributed by atoms with Gasteiger partial charge in [-0.1, -0.05) is 49.3 Å². The molecule has 0 spiro atoms. The zero-order chi connectivity index (χ0) is 20.5. The van der Waals surface area contributed by atoms with Crippen LogP contribution in [0.15, 0.2) is 35.9 Å². The van der Waals surface area contributed by atoms with E-state index in [1.807, 2.05) is 38.1 Å². The van der Waals surface area contributed by atoms with E-state index in [0.29, 0.717) is 11.3 Å². The molecule has 0 aliphatic heterocycles. The van der Waals surface area contributed by atoms with Gasteiger partial charge in [0.05, 0.1) is 10.8 Å². The molecule has 0 radical (unpaired) electrons. The van der Waals surface area contributed by atoms with Crippen LogP contribution in [-0.4, -0.2) is 26.6 Å². The molecular weight excluding hydrogens is 394 g/mol. The molecule has 2 unspecified atom stereocenters. The predicted molar refractivity (Wildman–Crippen MR) is 114 cm³/mol. The monoisotopic (exact) mass is 417 g/mol. The normalized spacial score (nSPS) is 21.6. The van der Waals surface area contributed by atoms with Crippen molar-refractivity contribution in [3.05, 3.63) is 52.1 Å². The topological polar surface area (TPSA) is 89.1 Å². The molecule has 28 heavy (non-hydrogen) atoms. The fraction of sp³-hybridized carbons (Fsp3) is 0.381. The first-order valence-electron chi connectivity index (χ1n) is 9.28. The van der Waals surface area contributed by atoms with Crippen LogP contribution in [0.2, 0.25) is 0 Å². The van der Waals surface area contributed by atoms with Crippen molar-refractivity contribution in [2.75, 3.05) is 0 Å². The van der Waals surface area contributed by atoms with Gasteiger partial charge in [-0.25, -0.2) is 0 Å². The molecule has 0 fully saturated rings. The summed E-state index contributed by atoms with van der Waals surface area (Å²) < 4.78 is 0. The van der Waals surface area contributed by atoms with E-state index in [4.69, 9.17) is 17.3 Å². The summed E-state index contributed by atoms with van der Waals surface area (Å²) in [6, 6.07) is 3.80. The number of hydrogen-bond acceptors (Lipinski definition) is 5. The third-order valence-electron chi connectivity index (χ3n) is 5.18. The summed E-state index contributed by atoms with van der Waals surface area (Å²) in [6.07, 6.45) is 8.22. The van der Waals surface area contributed by atoms with Crippen molar-refractivity contribution in [2.24, 2.45) is 5.73 Å². The van der Waals surface area contributed by atoms with E-state index in [1.165, 1.54) is 11.3 Å². The first kappa shape index (κ1) is 20.6. The molecule has 5 nitrogen and oxygen atoms in total. The summed E-state index contributed by atoms with van der Waals surface area (Å²) in [5, 5.41) is 19.8. The maximum Gasteiger partial charge on any atom is 0.246 e. The maximum absolute atomic E-state index is 11.9. The number of nitrogens with zero attached hydrogens (tertiary/aromatic N) is 2. The number of halogens is 1. The van der Waals surface area contributed by atoms with Crippen molar-refractivity contribution in [1.82, 2.24) is 10.2 Å². The van der Waals surface area contributed by atoms with Crippen molar-refractivity contribution in [3.63, 3.8) is 0 Å². The molecule has 1 heterocycles. The summed E-state index contributed by atoms with van der Waals surface area (Å²) in [5.74, 6) is -0.222. The molecule has 7 heteroatoms. The Morgan fingerprint density at radius 1 is 1.32 bits per heavy atom. The predicted octanol–water partition coefficient (Wildman–Crippen LogP) is 4.54. The second kappa shape index (κ2) is 8.05. The molecule has 3 rings (SSSR count). The largest absolute Gasteiger partial charge is 0.507 e. The second-order valence-corrected chi connectivity index (χ2v) is 8.64. The van der Waals surface area contributed by atoms with E-state index in [2.05, 4.69) is 17.1 Å². The number of carbonyl (C=O) groups excluding carboxylic acids is 1. The zero-order valence-corrected chi connectivity index (χ0v) is 17.8. The number of benzene rings is 1. The Bertz CT molecular complexity index is 943. The average molecular weight is 418 g/mol. The van der Waals surface area contributed by atoms with Crippen LogP contribution in [0.25, 0.3) is 10.6 Å². The van der Waals surface area contributed by atoms with Gasteiger partial charge in [0.2, 0.25) is 5.91 Å². The fourth-order valence-corrected chi connectivity index (χ4v) is 5.14. The number of amides is 1. The molecule has 1 aromatic carbocycles. The molecule has 0 saturated carbocycles. The Morgan fingerprint density at radius 3 is 2.61 bits per heavy atom. The summed E-state index contributed by atoms with van der Waals surface area (Å²) in [4.78, 5) is 11.9. The average Bonchev–Trinajstić information content (AvgIpc) is 3.15. The van der Waals surface area contributed by atoms with Gasteiger partial charge in [-0.15, -0.1) is 21.8 Å². The Morgan fingerprint density at radius 2 is 2.00 bits per heavy atom. The van der Waals surface area contributed by atoms with Crippen LogP contribution in [0.1, 0.15) is 42.3 Å². The highest BCUT2D eigenvalue weighted by atomic mass is 35.5. The van der Waals surface area contributed by atoms with Crippen molar-refractivity contribution in [2.45, 2.75) is 50.8 Å². The molecule has 1 aromatic heterocycles. The number of primary amides is 1. The number of carbonyl (C=O) groups is 1. The molecule has 2 aromatic rings. The number of alkyl halides is 1. The van der Waals surface area contributed by atoms with Gasteiger partial charge in [0.1, 0.15) is 15.8 Å². The van der Waals surface area contributed by atoms with Crippen LogP contribution in [0, 0.1) is 13.8 Å². The lowest BCUT2D eigenvalue weighted by atomic mass is 9.74. The number of rotatable bonds is 6. The first-order chi connectivity index (χ1) is 13.3. The van der Waals surface area contributed by atoms with Gasteiger partial charge < -0.3 is 10.8 Å². The van der Waals surface area contributed by atoms with Crippen LogP contribution in [0.5, 0.6) is 5.75 Å². The van der Waals surface area contributed by atoms with Crippen LogP contribution < -0.4 is 5.73 Å². The van der Waals surface area contributed by atoms with Crippen LogP contribution in [0.4, 0.5) is 0 Å². The van der Waals surface area contributed by atoms with Gasteiger partial charge in [0.25, 0.3) is 0 Å². The number of aromatic hydroxyl groups is 1. The van der Waals surface area contributed by atoms with Crippen LogP contribution in [-0.2, 0) is 10.2 Å². The summed E-state index contributed by atoms with van der Waals surface area (Å²) in [5.41, 5.74) is 7.81. The van der Waals surface area contributed by atoms with E-state index in [0.717, 1.165) is 46.0 Å². The number of aromatic nitrogens is 2. The summed E-state index contributed by atoms with van der Waals surface area (Å²) in [6.45, 7) is 5.83. The van der Waals surface area contributed by atoms with Crippen molar-refractivity contribution in [1.29, 1.82) is 0 Å². The quantitative estimate of drug-likeness (QED) is 0.675. The Kier molecular flexibility index (Phi) is 5.91. The molecule has 0 saturated heterocycles. The standard InChI is InChI=1S/C21H24ClN3O2S/c1-4-5-8-21(9-6-7-15(17(21)22)18(23)27)20-25-24-19(28-20)14-10-12(2)16(26)13(3)11-14/h6-7,9-11,17,26H,4-5,8H2,1-3H3,(H2,23,27). The SMILES string of the molecule is CCCCC1(c2nnc(-c3cc(C)c(O)c(C)c3)s2)C=CC=C(C(N)=O)C1Cl. The van der Waals surface area contributed by atoms with E-state index in [9.17, 15) is 9.90 Å². The number of allylic oxidation sites excluding steroid dienone is 3. The Balaban J connectivity index is 2.06. The number of hydrogen-bond donors (Lipinski definition) is 2. The molecular formula is C21H24ClN3O2S. The summed E-state index contributed by atoms with van der Waals surface area (Å²) in [7, 11) is 0. The highest BCUT2D eigenvalue weighted by Crippen LogP contribution is 2.45. The third kappa shape index (κ3) is 3.59. The van der Waals surface area contributed by atoms with Gasteiger partial charge in [-0.05, 0) is 43.5 Å². The molecule has 3 N–H and O–H groups in total. The molecule has 2 atom stereocenters. The van der Waals surface area contributed by atoms with Crippen molar-refractivity contribution in [3.8, 4) is 16.3 Å². The molecule has 0 bridgehead atoms. The second-order valence-electron chi connectivity index (χ2n) is 7.22. The van der Waals surface area contributed by atoms with Gasteiger partial charge in [0, 0.05) is 11.1 Å². The molecule has 1 amide bonds. The minimum Gasteiger partial charge on any atom is -0.507 e. The lowest BCUT2D eigenvalue weighted by Gasteiger charge is -2.35. The Hall–Kier alpha value is -2.18. The van der Waals surface area contributed by atoms with Crippen molar-refractivity contribution < 1.29 is 9.90 Å². The van der Waals surface area contributed by atoms with Gasteiger partial charge >= 0.3 is 0 Å². The zero-order valence-electron chi connectivity index (χ0n) is 16.2. The highest BCUT2D eigenvalue weighted by molar-refractivity contribution is 7.14. The number of nitrogens with two attached hydrogens (primary N) is 1. The highest BCUT2D eigenvalue weighted by Gasteiger charge is 2.44. The number of unbranched alkanes of at least 4 members (excludes halogenated alkanes) is 1. The minimum atomic E-state index is -0.617. The van der Waals surface area contributed by atoms with E-state index in [1.54, 1.807) is 6.08 Å². The first-order valence-corrected chi connectivity index (χ1v) is 10.5. The lowest BCUT2D eigenvalue weighted by Crippen LogP contribution is -2.40. The van der Waals surface area contributed by atoms with Crippen LogP contribution >= 0.6 is 22.9 Å². The number of phenolic OH excluding ortho intramolecular Hbond substituents is 1. The fourth-order valence-electron chi connectivity index (χ4n) is 3.55. The Labute approximate surface area is 173 Å². The smallest absolute Gasteiger partial charge is 0.246 e. The van der Waals surface area contributed by atoms with Gasteiger partial charge in [0.15, 0.2) is 0 Å². The minimum absolute atomic E-state index is 0.292. The lowest BCUT2D eigenvalue weighted by molar-refractivity contribution is -0.114. The van der Waals surface area contributed by atoms with Crippen LogP contribution in [0.3, 0.4) is 0 Å². The number of phenols is 1. The van der Waals surface area contributed by atoms with Crippen molar-refractivity contribution >= 4 is 28.8 Å². The molecule has 148 valence electrons. The third-order valence-corrected chi connectivity index (χ3v) is 6.97. The molecule has 1 aliphatic rings. The van der Waals surface area contributed by atoms with Gasteiger partial charge in [-0.3, -0.25) is 4.79 Å². The number of aryl methyl sites for hydroxylation is 2. The van der Waals surface area contributed by atoms with E-state index in [-0.39, 0.29) is 0 Å². The molecule has 1 aliphatic carbocycles. The summed E-state index contributed by atoms with van der Waals surface area (Å²) >= 11 is 8.25. The van der Waals surface area contributed by atoms with Gasteiger partial charge in [-0.2, -0.15) is 0 Å².